The van der Waals surface area contributed by atoms with Crippen molar-refractivity contribution in [2.24, 2.45) is 10.9 Å². The van der Waals surface area contributed by atoms with Gasteiger partial charge < -0.3 is 14.7 Å². The zero-order chi connectivity index (χ0) is 19.8. The van der Waals surface area contributed by atoms with Gasteiger partial charge in [0.05, 0.1) is 0 Å². The number of nitrogens with zero attached hydrogens (tertiary/aromatic N) is 6. The van der Waals surface area contributed by atoms with Gasteiger partial charge in [-0.25, -0.2) is 9.79 Å². The fourth-order valence-electron chi connectivity index (χ4n) is 3.79. The summed E-state index contributed by atoms with van der Waals surface area (Å²) < 4.78 is 0.930. The summed E-state index contributed by atoms with van der Waals surface area (Å²) in [6.45, 7) is 6.72. The van der Waals surface area contributed by atoms with E-state index in [1.807, 2.05) is 6.92 Å². The van der Waals surface area contributed by atoms with Crippen LogP contribution in [0.1, 0.15) is 24.8 Å². The zero-order valence-corrected chi connectivity index (χ0v) is 17.9. The number of aliphatic imine (C=N–C) groups is 1. The number of likely N-dealkylation sites (N-methyl/N-ethyl adjacent to an activating group) is 1. The number of aryl methyl sites for hydroxylation is 1. The van der Waals surface area contributed by atoms with Gasteiger partial charge in [-0.2, -0.15) is 0 Å². The Balaban J connectivity index is 1.52. The number of rotatable bonds is 4. The Morgan fingerprint density at radius 1 is 1.25 bits per heavy atom. The van der Waals surface area contributed by atoms with Crippen molar-refractivity contribution in [3.8, 4) is 0 Å². The van der Waals surface area contributed by atoms with E-state index in [-0.39, 0.29) is 11.9 Å². The number of thioether (sulfide) groups is 1. The second-order valence-corrected chi connectivity index (χ2v) is 10.0. The minimum Gasteiger partial charge on any atom is -0.343 e. The van der Waals surface area contributed by atoms with Gasteiger partial charge in [0, 0.05) is 32.4 Å². The third kappa shape index (κ3) is 3.69. The van der Waals surface area contributed by atoms with Crippen LogP contribution in [0.15, 0.2) is 9.33 Å². The molecule has 1 N–H and O–H groups in total. The fourth-order valence-corrected chi connectivity index (χ4v) is 5.62. The smallest absolute Gasteiger partial charge is 0.325 e. The molecular weight excluding hydrogens is 398 g/mol. The first-order chi connectivity index (χ1) is 13.4. The number of piperidine rings is 1. The monoisotopic (exact) mass is 423 g/mol. The van der Waals surface area contributed by atoms with Crippen molar-refractivity contribution in [1.82, 2.24) is 30.2 Å². The van der Waals surface area contributed by atoms with E-state index in [1.165, 1.54) is 4.90 Å². The van der Waals surface area contributed by atoms with Crippen molar-refractivity contribution in [2.75, 3.05) is 32.4 Å². The highest BCUT2D eigenvalue weighted by Gasteiger charge is 2.49. The molecule has 11 heteroatoms. The highest BCUT2D eigenvalue weighted by molar-refractivity contribution is 8.01. The largest absolute Gasteiger partial charge is 0.343 e. The first kappa shape index (κ1) is 19.4. The summed E-state index contributed by atoms with van der Waals surface area (Å²) in [6, 6.07) is -0.865. The molecule has 4 rings (SSSR count). The summed E-state index contributed by atoms with van der Waals surface area (Å²) in [5.74, 6) is 2.05. The summed E-state index contributed by atoms with van der Waals surface area (Å²) >= 11 is 3.21. The molecule has 0 saturated carbocycles. The highest BCUT2D eigenvalue weighted by Crippen LogP contribution is 2.29. The number of fused-ring (bicyclic) bond motifs is 1. The lowest BCUT2D eigenvalue weighted by atomic mass is 9.99. The molecule has 0 spiro atoms. The second kappa shape index (κ2) is 7.86. The number of carbonyl (C=O) groups excluding carboxylic acids is 2. The van der Waals surface area contributed by atoms with Crippen LogP contribution in [-0.4, -0.2) is 87.4 Å². The lowest BCUT2D eigenvalue weighted by Crippen LogP contribution is -2.64. The maximum absolute atomic E-state index is 12.6. The summed E-state index contributed by atoms with van der Waals surface area (Å²) in [5, 5.41) is 11.6. The minimum atomic E-state index is -0.478. The van der Waals surface area contributed by atoms with Crippen molar-refractivity contribution in [3.63, 3.8) is 0 Å². The van der Waals surface area contributed by atoms with Crippen LogP contribution in [-0.2, 0) is 4.79 Å². The second-order valence-electron chi connectivity index (χ2n) is 7.49. The molecule has 2 atom stereocenters. The molecule has 0 aromatic carbocycles. The molecule has 0 aliphatic carbocycles. The number of nitrogens with one attached hydrogen (secondary N) is 1. The van der Waals surface area contributed by atoms with Crippen LogP contribution in [0.3, 0.4) is 0 Å². The molecule has 152 valence electrons. The van der Waals surface area contributed by atoms with Crippen molar-refractivity contribution >= 4 is 41.0 Å². The van der Waals surface area contributed by atoms with E-state index < -0.39 is 12.2 Å². The van der Waals surface area contributed by atoms with Crippen molar-refractivity contribution in [3.05, 3.63) is 5.01 Å². The van der Waals surface area contributed by atoms with Gasteiger partial charge in [0.1, 0.15) is 5.01 Å². The number of hydrogen-bond acceptors (Lipinski definition) is 9. The van der Waals surface area contributed by atoms with Gasteiger partial charge in [0.15, 0.2) is 22.5 Å². The molecule has 2 unspecified atom stereocenters. The first-order valence-electron chi connectivity index (χ1n) is 9.54. The standard InChI is InChI=1S/C17H25N7O2S2/c1-10-4-6-23(7-5-10)15-18-13-12(14(25)19-16(26)22(13)3)24(15)8-9-27-17-21-20-11(2)28-17/h10,12-13H,4-9H2,1-3H3,(H,19,25,26). The summed E-state index contributed by atoms with van der Waals surface area (Å²) in [5.41, 5.74) is 0. The molecule has 1 aromatic rings. The van der Waals surface area contributed by atoms with Crippen LogP contribution < -0.4 is 5.32 Å². The average molecular weight is 424 g/mol. The van der Waals surface area contributed by atoms with E-state index in [9.17, 15) is 9.59 Å². The minimum absolute atomic E-state index is 0.269. The Kier molecular flexibility index (Phi) is 5.46. The molecule has 0 radical (unpaired) electrons. The van der Waals surface area contributed by atoms with Gasteiger partial charge in [-0.15, -0.1) is 10.2 Å². The number of urea groups is 1. The summed E-state index contributed by atoms with van der Waals surface area (Å²) in [7, 11) is 1.70. The molecule has 28 heavy (non-hydrogen) atoms. The Morgan fingerprint density at radius 3 is 2.68 bits per heavy atom. The molecular formula is C17H25N7O2S2. The van der Waals surface area contributed by atoms with E-state index in [0.29, 0.717) is 12.5 Å². The topological polar surface area (TPSA) is 94.0 Å². The van der Waals surface area contributed by atoms with Crippen LogP contribution in [0.25, 0.3) is 0 Å². The van der Waals surface area contributed by atoms with Crippen molar-refractivity contribution in [2.45, 2.75) is 43.2 Å². The van der Waals surface area contributed by atoms with Crippen LogP contribution in [0.5, 0.6) is 0 Å². The number of guanidine groups is 1. The number of likely N-dealkylation sites (tertiary alicyclic amines) is 1. The Labute approximate surface area is 172 Å². The number of hydrogen-bond donors (Lipinski definition) is 1. The maximum atomic E-state index is 12.6. The quantitative estimate of drug-likeness (QED) is 0.728. The van der Waals surface area contributed by atoms with Gasteiger partial charge in [0.2, 0.25) is 0 Å². The molecule has 0 bridgehead atoms. The first-order valence-corrected chi connectivity index (χ1v) is 11.3. The van der Waals surface area contributed by atoms with E-state index in [1.54, 1.807) is 30.1 Å². The highest BCUT2D eigenvalue weighted by atomic mass is 32.2. The van der Waals surface area contributed by atoms with Gasteiger partial charge in [-0.3, -0.25) is 10.1 Å². The molecule has 4 heterocycles. The lowest BCUT2D eigenvalue weighted by Gasteiger charge is -2.39. The van der Waals surface area contributed by atoms with Gasteiger partial charge in [-0.05, 0) is 25.7 Å². The molecule has 2 saturated heterocycles. The normalized spacial score (nSPS) is 25.8. The summed E-state index contributed by atoms with van der Waals surface area (Å²) in [4.78, 5) is 35.4. The van der Waals surface area contributed by atoms with Crippen molar-refractivity contribution < 1.29 is 9.59 Å². The van der Waals surface area contributed by atoms with E-state index >= 15 is 0 Å². The van der Waals surface area contributed by atoms with Crippen LogP contribution in [0.4, 0.5) is 4.79 Å². The predicted octanol–water partition coefficient (Wildman–Crippen LogP) is 1.22. The summed E-state index contributed by atoms with van der Waals surface area (Å²) in [6.07, 6.45) is 1.76. The Morgan fingerprint density at radius 2 is 2.00 bits per heavy atom. The van der Waals surface area contributed by atoms with Crippen LogP contribution >= 0.6 is 23.1 Å². The van der Waals surface area contributed by atoms with Gasteiger partial charge >= 0.3 is 6.03 Å². The van der Waals surface area contributed by atoms with E-state index in [0.717, 1.165) is 47.0 Å². The Hall–Kier alpha value is -1.88. The number of aromatic nitrogens is 2. The fraction of sp³-hybridized carbons (Fsp3) is 0.706. The van der Waals surface area contributed by atoms with Crippen molar-refractivity contribution in [1.29, 1.82) is 0 Å². The van der Waals surface area contributed by atoms with Gasteiger partial charge in [0.25, 0.3) is 5.91 Å². The Bertz CT molecular complexity index is 790. The van der Waals surface area contributed by atoms with Gasteiger partial charge in [-0.1, -0.05) is 30.0 Å². The molecule has 1 aromatic heterocycles. The molecule has 3 aliphatic rings. The van der Waals surface area contributed by atoms with Crippen LogP contribution in [0.2, 0.25) is 0 Å². The number of imide groups is 1. The lowest BCUT2D eigenvalue weighted by molar-refractivity contribution is -0.127. The number of amides is 3. The van der Waals surface area contributed by atoms with E-state index in [4.69, 9.17) is 4.99 Å². The third-order valence-corrected chi connectivity index (χ3v) is 7.42. The van der Waals surface area contributed by atoms with Crippen LogP contribution in [0, 0.1) is 12.8 Å². The number of carbonyl (C=O) groups is 2. The zero-order valence-electron chi connectivity index (χ0n) is 16.3. The predicted molar refractivity (Wildman–Crippen MR) is 108 cm³/mol. The third-order valence-electron chi connectivity index (χ3n) is 5.47. The molecule has 3 amide bonds. The molecule has 2 fully saturated rings. The molecule has 3 aliphatic heterocycles. The SMILES string of the molecule is Cc1nnc(SCCN2C(N3CCC(C)CC3)=NC3C2C(=O)NC(=O)N3C)s1. The molecule has 9 nitrogen and oxygen atoms in total. The average Bonchev–Trinajstić information content (AvgIpc) is 3.25. The maximum Gasteiger partial charge on any atom is 0.325 e. The van der Waals surface area contributed by atoms with E-state index in [2.05, 4.69) is 32.2 Å².